The molecule has 1 saturated heterocycles. The summed E-state index contributed by atoms with van der Waals surface area (Å²) in [5, 5.41) is 3.68. The Morgan fingerprint density at radius 2 is 1.84 bits per heavy atom. The number of aryl methyl sites for hydroxylation is 1. The Balaban J connectivity index is 1.84. The fraction of sp³-hybridized carbons (Fsp3) is 0.750. The second-order valence-electron chi connectivity index (χ2n) is 6.67. The largest absolute Gasteiger partial charge is 0.352 e. The first-order valence-corrected chi connectivity index (χ1v) is 7.42. The summed E-state index contributed by atoms with van der Waals surface area (Å²) in [4.78, 5) is 2.44. The lowest BCUT2D eigenvalue weighted by atomic mass is 9.80. The van der Waals surface area contributed by atoms with E-state index in [4.69, 9.17) is 0 Å². The average Bonchev–Trinajstić information content (AvgIpc) is 2.61. The van der Waals surface area contributed by atoms with E-state index in [9.17, 15) is 0 Å². The smallest absolute Gasteiger partial charge is 0.0223 e. The predicted molar refractivity (Wildman–Crippen MR) is 81.4 cm³/mol. The van der Waals surface area contributed by atoms with Crippen LogP contribution in [0, 0.1) is 19.3 Å². The summed E-state index contributed by atoms with van der Waals surface area (Å²) in [5.41, 5.74) is 4.65. The van der Waals surface area contributed by atoms with Gasteiger partial charge in [-0.05, 0) is 63.9 Å². The standard InChI is InChI=1S/C16H29N3/c1-13-10-15(14(2)19(13)5)11-17-12-16(3)6-8-18(4)9-7-16/h10,17H,6-9,11-12H2,1-5H3. The highest BCUT2D eigenvalue weighted by Gasteiger charge is 2.28. The third-order valence-corrected chi connectivity index (χ3v) is 4.94. The molecule has 0 atom stereocenters. The molecule has 19 heavy (non-hydrogen) atoms. The van der Waals surface area contributed by atoms with Crippen molar-refractivity contribution in [2.24, 2.45) is 12.5 Å². The van der Waals surface area contributed by atoms with Crippen LogP contribution in [0.15, 0.2) is 6.07 Å². The molecule has 0 bridgehead atoms. The molecule has 1 aromatic heterocycles. The van der Waals surface area contributed by atoms with Crippen LogP contribution in [0.3, 0.4) is 0 Å². The quantitative estimate of drug-likeness (QED) is 0.900. The van der Waals surface area contributed by atoms with Crippen molar-refractivity contribution in [1.82, 2.24) is 14.8 Å². The second-order valence-corrected chi connectivity index (χ2v) is 6.67. The van der Waals surface area contributed by atoms with Crippen LogP contribution in [0.2, 0.25) is 0 Å². The molecule has 108 valence electrons. The number of likely N-dealkylation sites (tertiary alicyclic amines) is 1. The molecule has 1 fully saturated rings. The first kappa shape index (κ1) is 14.6. The summed E-state index contributed by atoms with van der Waals surface area (Å²) in [5.74, 6) is 0. The molecule has 1 N–H and O–H groups in total. The van der Waals surface area contributed by atoms with Gasteiger partial charge in [0.05, 0.1) is 0 Å². The normalized spacial score (nSPS) is 19.8. The summed E-state index contributed by atoms with van der Waals surface area (Å²) >= 11 is 0. The van der Waals surface area contributed by atoms with Crippen LogP contribution < -0.4 is 5.32 Å². The number of aromatic nitrogens is 1. The van der Waals surface area contributed by atoms with Gasteiger partial charge in [-0.15, -0.1) is 0 Å². The van der Waals surface area contributed by atoms with Gasteiger partial charge >= 0.3 is 0 Å². The molecule has 3 nitrogen and oxygen atoms in total. The number of nitrogens with one attached hydrogen (secondary N) is 1. The lowest BCUT2D eigenvalue weighted by Gasteiger charge is -2.38. The molecule has 0 spiro atoms. The van der Waals surface area contributed by atoms with E-state index >= 15 is 0 Å². The van der Waals surface area contributed by atoms with E-state index in [2.05, 4.69) is 55.7 Å². The van der Waals surface area contributed by atoms with Crippen LogP contribution in [-0.2, 0) is 13.6 Å². The highest BCUT2D eigenvalue weighted by molar-refractivity contribution is 5.26. The fourth-order valence-corrected chi connectivity index (χ4v) is 2.95. The highest BCUT2D eigenvalue weighted by Crippen LogP contribution is 2.29. The molecule has 1 aromatic rings. The first-order valence-electron chi connectivity index (χ1n) is 7.42. The van der Waals surface area contributed by atoms with Crippen molar-refractivity contribution in [2.75, 3.05) is 26.7 Å². The van der Waals surface area contributed by atoms with Crippen molar-refractivity contribution >= 4 is 0 Å². The van der Waals surface area contributed by atoms with Gasteiger partial charge in [-0.2, -0.15) is 0 Å². The SMILES string of the molecule is Cc1cc(CNCC2(C)CCN(C)CC2)c(C)n1C. The maximum absolute atomic E-state index is 3.68. The van der Waals surface area contributed by atoms with Gasteiger partial charge in [-0.1, -0.05) is 6.92 Å². The Morgan fingerprint density at radius 1 is 1.21 bits per heavy atom. The number of hydrogen-bond acceptors (Lipinski definition) is 2. The van der Waals surface area contributed by atoms with E-state index in [0.29, 0.717) is 5.41 Å². The van der Waals surface area contributed by atoms with E-state index in [1.807, 2.05) is 0 Å². The zero-order chi connectivity index (χ0) is 14.0. The molecule has 0 aliphatic carbocycles. The van der Waals surface area contributed by atoms with E-state index < -0.39 is 0 Å². The van der Waals surface area contributed by atoms with Crippen molar-refractivity contribution in [3.63, 3.8) is 0 Å². The third kappa shape index (κ3) is 3.40. The van der Waals surface area contributed by atoms with Gasteiger partial charge < -0.3 is 14.8 Å². The Bertz CT molecular complexity index is 425. The maximum atomic E-state index is 3.68. The summed E-state index contributed by atoms with van der Waals surface area (Å²) in [6.07, 6.45) is 2.62. The minimum Gasteiger partial charge on any atom is -0.352 e. The van der Waals surface area contributed by atoms with Gasteiger partial charge in [0.1, 0.15) is 0 Å². The number of piperidine rings is 1. The van der Waals surface area contributed by atoms with Crippen LogP contribution in [-0.4, -0.2) is 36.1 Å². The van der Waals surface area contributed by atoms with E-state index in [-0.39, 0.29) is 0 Å². The Labute approximate surface area is 118 Å². The minimum absolute atomic E-state index is 0.476. The lowest BCUT2D eigenvalue weighted by Crippen LogP contribution is -2.41. The van der Waals surface area contributed by atoms with Crippen LogP contribution in [0.5, 0.6) is 0 Å². The van der Waals surface area contributed by atoms with Gasteiger partial charge in [-0.25, -0.2) is 0 Å². The first-order chi connectivity index (χ1) is 8.91. The Hall–Kier alpha value is -0.800. The van der Waals surface area contributed by atoms with Crippen molar-refractivity contribution in [2.45, 2.75) is 40.2 Å². The average molecular weight is 263 g/mol. The number of nitrogens with zero attached hydrogens (tertiary/aromatic N) is 2. The Morgan fingerprint density at radius 3 is 2.37 bits per heavy atom. The molecular weight excluding hydrogens is 234 g/mol. The van der Waals surface area contributed by atoms with Crippen molar-refractivity contribution < 1.29 is 0 Å². The topological polar surface area (TPSA) is 20.2 Å². The molecule has 2 heterocycles. The fourth-order valence-electron chi connectivity index (χ4n) is 2.95. The van der Waals surface area contributed by atoms with Crippen molar-refractivity contribution in [3.05, 3.63) is 23.0 Å². The lowest BCUT2D eigenvalue weighted by molar-refractivity contribution is 0.137. The summed E-state index contributed by atoms with van der Waals surface area (Å²) in [6, 6.07) is 2.30. The zero-order valence-electron chi connectivity index (χ0n) is 13.2. The number of hydrogen-bond donors (Lipinski definition) is 1. The van der Waals surface area contributed by atoms with Crippen LogP contribution in [0.1, 0.15) is 36.7 Å². The second kappa shape index (κ2) is 5.68. The van der Waals surface area contributed by atoms with E-state index in [1.54, 1.807) is 0 Å². The molecule has 0 unspecified atom stereocenters. The highest BCUT2D eigenvalue weighted by atomic mass is 15.1. The summed E-state index contributed by atoms with van der Waals surface area (Å²) in [7, 11) is 4.37. The van der Waals surface area contributed by atoms with E-state index in [1.165, 1.54) is 42.9 Å². The molecule has 0 saturated carbocycles. The van der Waals surface area contributed by atoms with Gasteiger partial charge in [0.25, 0.3) is 0 Å². The van der Waals surface area contributed by atoms with Gasteiger partial charge in [0.2, 0.25) is 0 Å². The van der Waals surface area contributed by atoms with Gasteiger partial charge in [0.15, 0.2) is 0 Å². The molecule has 0 amide bonds. The maximum Gasteiger partial charge on any atom is 0.0223 e. The van der Waals surface area contributed by atoms with Crippen molar-refractivity contribution in [1.29, 1.82) is 0 Å². The molecule has 0 radical (unpaired) electrons. The predicted octanol–water partition coefficient (Wildman–Crippen LogP) is 2.46. The Kier molecular flexibility index (Phi) is 4.36. The minimum atomic E-state index is 0.476. The zero-order valence-corrected chi connectivity index (χ0v) is 13.2. The molecule has 2 rings (SSSR count). The van der Waals surface area contributed by atoms with Crippen LogP contribution in [0.4, 0.5) is 0 Å². The molecular formula is C16H29N3. The molecule has 0 aromatic carbocycles. The molecule has 3 heteroatoms. The van der Waals surface area contributed by atoms with E-state index in [0.717, 1.165) is 13.1 Å². The monoisotopic (exact) mass is 263 g/mol. The molecule has 1 aliphatic heterocycles. The number of rotatable bonds is 4. The van der Waals surface area contributed by atoms with Crippen molar-refractivity contribution in [3.8, 4) is 0 Å². The van der Waals surface area contributed by atoms with Crippen LogP contribution >= 0.6 is 0 Å². The third-order valence-electron chi connectivity index (χ3n) is 4.94. The van der Waals surface area contributed by atoms with Crippen LogP contribution in [0.25, 0.3) is 0 Å². The summed E-state index contributed by atoms with van der Waals surface area (Å²) in [6.45, 7) is 11.4. The van der Waals surface area contributed by atoms with Gasteiger partial charge in [-0.3, -0.25) is 0 Å². The molecule has 1 aliphatic rings. The summed E-state index contributed by atoms with van der Waals surface area (Å²) < 4.78 is 2.27. The van der Waals surface area contributed by atoms with Gasteiger partial charge in [0, 0.05) is 31.5 Å².